The van der Waals surface area contributed by atoms with Crippen LogP contribution in [0.1, 0.15) is 25.1 Å². The van der Waals surface area contributed by atoms with E-state index in [9.17, 15) is 5.11 Å². The highest BCUT2D eigenvalue weighted by Gasteiger charge is 2.18. The largest absolute Gasteiger partial charge is 0.508 e. The first-order chi connectivity index (χ1) is 7.95. The molecule has 0 saturated heterocycles. The molecule has 0 unspecified atom stereocenters. The van der Waals surface area contributed by atoms with Gasteiger partial charge in [-0.3, -0.25) is 0 Å². The van der Waals surface area contributed by atoms with Crippen LogP contribution in [0, 0.1) is 0 Å². The Balaban J connectivity index is 2.14. The number of rotatable bonds is 3. The predicted molar refractivity (Wildman–Crippen MR) is 64.4 cm³/mol. The topological polar surface area (TPSA) is 77.0 Å². The molecule has 0 radical (unpaired) electrons. The second-order valence-electron chi connectivity index (χ2n) is 4.69. The molecule has 0 spiro atoms. The van der Waals surface area contributed by atoms with Crippen molar-refractivity contribution in [3.05, 3.63) is 41.7 Å². The van der Waals surface area contributed by atoms with Crippen molar-refractivity contribution in [2.24, 2.45) is 5.73 Å². The third-order valence-corrected chi connectivity index (χ3v) is 2.48. The van der Waals surface area contributed by atoms with E-state index < -0.39 is 5.54 Å². The molecule has 17 heavy (non-hydrogen) atoms. The van der Waals surface area contributed by atoms with Gasteiger partial charge in [-0.15, -0.1) is 5.10 Å². The maximum atomic E-state index is 9.18. The van der Waals surface area contributed by atoms with Crippen molar-refractivity contribution in [2.45, 2.75) is 25.9 Å². The van der Waals surface area contributed by atoms with Gasteiger partial charge in [0.2, 0.25) is 0 Å². The number of aromatic nitrogens is 3. The van der Waals surface area contributed by atoms with E-state index in [-0.39, 0.29) is 5.75 Å². The third kappa shape index (κ3) is 2.82. The summed E-state index contributed by atoms with van der Waals surface area (Å²) in [6.07, 6.45) is 1.84. The Hall–Kier alpha value is -1.88. The molecule has 90 valence electrons. The number of hydrogen-bond donors (Lipinski definition) is 2. The van der Waals surface area contributed by atoms with Crippen LogP contribution in [0.25, 0.3) is 0 Å². The van der Waals surface area contributed by atoms with Crippen LogP contribution in [0.5, 0.6) is 5.75 Å². The molecule has 1 heterocycles. The summed E-state index contributed by atoms with van der Waals surface area (Å²) in [4.78, 5) is 0. The highest BCUT2D eigenvalue weighted by atomic mass is 16.3. The number of phenols is 1. The molecule has 1 aromatic heterocycles. The third-order valence-electron chi connectivity index (χ3n) is 2.48. The van der Waals surface area contributed by atoms with Crippen LogP contribution in [-0.2, 0) is 12.1 Å². The molecule has 0 atom stereocenters. The SMILES string of the molecule is CC(C)(N)c1cn(Cc2ccc(O)cc2)nn1. The van der Waals surface area contributed by atoms with E-state index in [1.54, 1.807) is 16.8 Å². The molecule has 0 aliphatic carbocycles. The summed E-state index contributed by atoms with van der Waals surface area (Å²) < 4.78 is 1.73. The second-order valence-corrected chi connectivity index (χ2v) is 4.69. The Morgan fingerprint density at radius 2 is 1.94 bits per heavy atom. The minimum Gasteiger partial charge on any atom is -0.508 e. The van der Waals surface area contributed by atoms with E-state index in [2.05, 4.69) is 10.3 Å². The predicted octanol–water partition coefficient (Wildman–Crippen LogP) is 1.23. The summed E-state index contributed by atoms with van der Waals surface area (Å²) in [5, 5.41) is 17.2. The molecule has 5 nitrogen and oxygen atoms in total. The van der Waals surface area contributed by atoms with Crippen molar-refractivity contribution in [1.29, 1.82) is 0 Å². The number of benzene rings is 1. The smallest absolute Gasteiger partial charge is 0.115 e. The van der Waals surface area contributed by atoms with Gasteiger partial charge in [-0.05, 0) is 31.5 Å². The molecule has 3 N–H and O–H groups in total. The van der Waals surface area contributed by atoms with Gasteiger partial charge in [0, 0.05) is 0 Å². The molecule has 0 fully saturated rings. The number of nitrogens with two attached hydrogens (primary N) is 1. The van der Waals surface area contributed by atoms with Gasteiger partial charge >= 0.3 is 0 Å². The van der Waals surface area contributed by atoms with E-state index in [1.165, 1.54) is 0 Å². The Bertz CT molecular complexity index is 496. The van der Waals surface area contributed by atoms with Crippen LogP contribution >= 0.6 is 0 Å². The van der Waals surface area contributed by atoms with Crippen molar-refractivity contribution in [3.63, 3.8) is 0 Å². The number of hydrogen-bond acceptors (Lipinski definition) is 4. The van der Waals surface area contributed by atoms with Crippen molar-refractivity contribution >= 4 is 0 Å². The Labute approximate surface area is 99.9 Å². The van der Waals surface area contributed by atoms with E-state index in [0.717, 1.165) is 11.3 Å². The second kappa shape index (κ2) is 4.18. The molecule has 0 amide bonds. The summed E-state index contributed by atoms with van der Waals surface area (Å²) >= 11 is 0. The van der Waals surface area contributed by atoms with Gasteiger partial charge in [0.25, 0.3) is 0 Å². The van der Waals surface area contributed by atoms with E-state index in [4.69, 9.17) is 5.73 Å². The summed E-state index contributed by atoms with van der Waals surface area (Å²) in [6.45, 7) is 4.40. The molecule has 0 bridgehead atoms. The molecule has 2 rings (SSSR count). The van der Waals surface area contributed by atoms with Crippen LogP contribution in [0.3, 0.4) is 0 Å². The van der Waals surface area contributed by atoms with E-state index in [0.29, 0.717) is 6.54 Å². The molecule has 0 aliphatic rings. The van der Waals surface area contributed by atoms with E-state index in [1.807, 2.05) is 32.2 Å². The molecule has 5 heteroatoms. The normalized spacial score (nSPS) is 11.7. The molecule has 0 saturated carbocycles. The lowest BCUT2D eigenvalue weighted by atomic mass is 10.0. The maximum absolute atomic E-state index is 9.18. The van der Waals surface area contributed by atoms with Gasteiger partial charge in [-0.2, -0.15) is 0 Å². The zero-order chi connectivity index (χ0) is 12.5. The maximum Gasteiger partial charge on any atom is 0.115 e. The number of phenolic OH excluding ortho intramolecular Hbond substituents is 1. The fraction of sp³-hybridized carbons (Fsp3) is 0.333. The average Bonchev–Trinajstić information content (AvgIpc) is 2.69. The first-order valence-electron chi connectivity index (χ1n) is 5.42. The molecular formula is C12H16N4O. The van der Waals surface area contributed by atoms with E-state index >= 15 is 0 Å². The van der Waals surface area contributed by atoms with Gasteiger partial charge in [-0.25, -0.2) is 4.68 Å². The van der Waals surface area contributed by atoms with Crippen molar-refractivity contribution in [3.8, 4) is 5.75 Å². The highest BCUT2D eigenvalue weighted by molar-refractivity contribution is 5.26. The first kappa shape index (κ1) is 11.6. The molecule has 1 aromatic carbocycles. The van der Waals surface area contributed by atoms with Crippen molar-refractivity contribution in [1.82, 2.24) is 15.0 Å². The standard InChI is InChI=1S/C12H16N4O/c1-12(2,13)11-8-16(15-14-11)7-9-3-5-10(17)6-4-9/h3-6,8,17H,7,13H2,1-2H3. The quantitative estimate of drug-likeness (QED) is 0.834. The lowest BCUT2D eigenvalue weighted by molar-refractivity contribution is 0.475. The summed E-state index contributed by atoms with van der Waals surface area (Å²) in [6, 6.07) is 7.01. The van der Waals surface area contributed by atoms with Crippen LogP contribution < -0.4 is 5.73 Å². The highest BCUT2D eigenvalue weighted by Crippen LogP contribution is 2.14. The molecule has 2 aromatic rings. The minimum absolute atomic E-state index is 0.260. The zero-order valence-electron chi connectivity index (χ0n) is 9.96. The Kier molecular flexibility index (Phi) is 2.85. The number of nitrogens with zero attached hydrogens (tertiary/aromatic N) is 3. The summed E-state index contributed by atoms with van der Waals surface area (Å²) in [5.74, 6) is 0.260. The fourth-order valence-electron chi connectivity index (χ4n) is 1.46. The minimum atomic E-state index is -0.479. The lowest BCUT2D eigenvalue weighted by Crippen LogP contribution is -2.29. The van der Waals surface area contributed by atoms with Crippen molar-refractivity contribution < 1.29 is 5.11 Å². The average molecular weight is 232 g/mol. The van der Waals surface area contributed by atoms with Gasteiger partial charge in [0.15, 0.2) is 0 Å². The number of aromatic hydroxyl groups is 1. The lowest BCUT2D eigenvalue weighted by Gasteiger charge is -2.13. The fourth-order valence-corrected chi connectivity index (χ4v) is 1.46. The summed E-state index contributed by atoms with van der Waals surface area (Å²) in [5.41, 5.74) is 7.27. The first-order valence-corrected chi connectivity index (χ1v) is 5.42. The van der Waals surface area contributed by atoms with Crippen LogP contribution in [0.15, 0.2) is 30.5 Å². The van der Waals surface area contributed by atoms with Gasteiger partial charge in [0.05, 0.1) is 18.3 Å². The monoisotopic (exact) mass is 232 g/mol. The molecular weight excluding hydrogens is 216 g/mol. The zero-order valence-corrected chi connectivity index (χ0v) is 9.96. The van der Waals surface area contributed by atoms with Gasteiger partial charge < -0.3 is 10.8 Å². The molecule has 0 aliphatic heterocycles. The van der Waals surface area contributed by atoms with Crippen LogP contribution in [0.4, 0.5) is 0 Å². The van der Waals surface area contributed by atoms with Gasteiger partial charge in [0.1, 0.15) is 11.4 Å². The summed E-state index contributed by atoms with van der Waals surface area (Å²) in [7, 11) is 0. The van der Waals surface area contributed by atoms with Crippen molar-refractivity contribution in [2.75, 3.05) is 0 Å². The Morgan fingerprint density at radius 3 is 2.47 bits per heavy atom. The van der Waals surface area contributed by atoms with Gasteiger partial charge in [-0.1, -0.05) is 17.3 Å². The van der Waals surface area contributed by atoms with Crippen LogP contribution in [-0.4, -0.2) is 20.1 Å². The van der Waals surface area contributed by atoms with Crippen LogP contribution in [0.2, 0.25) is 0 Å². The Morgan fingerprint density at radius 1 is 1.29 bits per heavy atom.